The van der Waals surface area contributed by atoms with Crippen LogP contribution in [-0.4, -0.2) is 74.3 Å². The smallest absolute Gasteiger partial charge is 0.303 e. The minimum Gasteiger partial charge on any atom is -0.336 e. The second kappa shape index (κ2) is 11.1. The van der Waals surface area contributed by atoms with Crippen molar-refractivity contribution in [1.29, 1.82) is 0 Å². The number of piperazine rings is 1. The molecule has 3 aromatic rings. The van der Waals surface area contributed by atoms with Crippen molar-refractivity contribution >= 4 is 39.0 Å². The van der Waals surface area contributed by atoms with E-state index in [2.05, 4.69) is 26.7 Å². The molecule has 2 amide bonds. The fraction of sp³-hybridized carbons (Fsp3) is 0.419. The van der Waals surface area contributed by atoms with Crippen molar-refractivity contribution in [3.05, 3.63) is 64.7 Å². The molecule has 3 aliphatic rings. The van der Waals surface area contributed by atoms with Crippen molar-refractivity contribution in [2.45, 2.75) is 44.6 Å². The van der Waals surface area contributed by atoms with Gasteiger partial charge in [0.2, 0.25) is 0 Å². The van der Waals surface area contributed by atoms with Crippen LogP contribution in [0.2, 0.25) is 0 Å². The Hall–Kier alpha value is -3.47. The fourth-order valence-electron chi connectivity index (χ4n) is 6.49. The van der Waals surface area contributed by atoms with Gasteiger partial charge in [-0.15, -0.1) is 0 Å². The van der Waals surface area contributed by atoms with Crippen molar-refractivity contribution in [2.75, 3.05) is 40.3 Å². The molecule has 3 heterocycles. The van der Waals surface area contributed by atoms with Crippen LogP contribution in [0, 0.1) is 0 Å². The van der Waals surface area contributed by atoms with Crippen molar-refractivity contribution in [2.24, 2.45) is 0 Å². The molecule has 9 nitrogen and oxygen atoms in total. The first-order chi connectivity index (χ1) is 19.7. The number of nitrogens with zero attached hydrogens (tertiary/aromatic N) is 3. The maximum atomic E-state index is 13.8. The third kappa shape index (κ3) is 5.20. The molecular formula is C31H37N5O4S. The molecule has 1 saturated carbocycles. The van der Waals surface area contributed by atoms with Gasteiger partial charge in [-0.05, 0) is 48.1 Å². The first-order valence-corrected chi connectivity index (χ1v) is 15.9. The normalized spacial score (nSPS) is 18.0. The Bertz CT molecular complexity index is 1640. The highest BCUT2D eigenvalue weighted by atomic mass is 32.2. The monoisotopic (exact) mass is 575 g/mol. The van der Waals surface area contributed by atoms with Crippen LogP contribution in [0.15, 0.2) is 48.0 Å². The summed E-state index contributed by atoms with van der Waals surface area (Å²) in [7, 11) is -1.19. The maximum Gasteiger partial charge on any atom is 0.303 e. The molecule has 6 rings (SSSR count). The first-order valence-electron chi connectivity index (χ1n) is 14.5. The van der Waals surface area contributed by atoms with Crippen LogP contribution in [0.5, 0.6) is 0 Å². The lowest BCUT2D eigenvalue weighted by molar-refractivity contribution is -0.127. The topological polar surface area (TPSA) is 104 Å². The molecule has 2 aromatic carbocycles. The van der Waals surface area contributed by atoms with Gasteiger partial charge in [0.25, 0.3) is 11.8 Å². The number of carbonyl (C=O) groups is 2. The van der Waals surface area contributed by atoms with Gasteiger partial charge in [-0.1, -0.05) is 49.6 Å². The molecule has 0 unspecified atom stereocenters. The lowest BCUT2D eigenvalue weighted by atomic mass is 9.81. The molecule has 2 aliphatic heterocycles. The average Bonchev–Trinajstić information content (AvgIpc) is 3.19. The highest BCUT2D eigenvalue weighted by Gasteiger charge is 2.31. The number of hydrogen-bond donors (Lipinski definition) is 2. The Labute approximate surface area is 241 Å². The number of nitrogens with one attached hydrogen (secondary N) is 2. The summed E-state index contributed by atoms with van der Waals surface area (Å²) in [5.74, 6) is -0.284. The SMILES string of the molecule is CN(C)S(=O)(=O)NC(=O)c1ccc2c(C3CCCCC3)c3n(c2c1)CC(C(=O)N1CCNCC1)=Cc1ccccc1-3. The number of rotatable bonds is 5. The molecule has 2 N–H and O–H groups in total. The number of hydrogen-bond acceptors (Lipinski definition) is 5. The third-order valence-electron chi connectivity index (χ3n) is 8.63. The lowest BCUT2D eigenvalue weighted by Crippen LogP contribution is -2.47. The summed E-state index contributed by atoms with van der Waals surface area (Å²) in [6.07, 6.45) is 7.80. The zero-order valence-corrected chi connectivity index (χ0v) is 24.5. The average molecular weight is 576 g/mol. The molecule has 10 heteroatoms. The van der Waals surface area contributed by atoms with Crippen molar-refractivity contribution in [3.8, 4) is 11.3 Å². The molecule has 0 bridgehead atoms. The minimum absolute atomic E-state index is 0.0289. The number of fused-ring (bicyclic) bond motifs is 5. The minimum atomic E-state index is -3.94. The molecular weight excluding hydrogens is 538 g/mol. The van der Waals surface area contributed by atoms with Crippen LogP contribution < -0.4 is 10.0 Å². The second-order valence-corrected chi connectivity index (χ2v) is 13.3. The summed E-state index contributed by atoms with van der Waals surface area (Å²) in [5, 5.41) is 4.38. The Kier molecular flexibility index (Phi) is 7.48. The predicted molar refractivity (Wildman–Crippen MR) is 161 cm³/mol. The van der Waals surface area contributed by atoms with Crippen molar-refractivity contribution < 1.29 is 18.0 Å². The van der Waals surface area contributed by atoms with E-state index in [0.717, 1.165) is 58.0 Å². The largest absolute Gasteiger partial charge is 0.336 e. The Morgan fingerprint density at radius 2 is 1.73 bits per heavy atom. The highest BCUT2D eigenvalue weighted by molar-refractivity contribution is 7.87. The summed E-state index contributed by atoms with van der Waals surface area (Å²) < 4.78 is 30.1. The van der Waals surface area contributed by atoms with Gasteiger partial charge < -0.3 is 14.8 Å². The standard InChI is InChI=1S/C31H37N5O4S/c1-34(2)41(39,40)33-30(37)23-12-13-26-27(19-23)36-20-24(31(38)35-16-14-32-15-17-35)18-22-10-6-7-11-25(22)29(36)28(26)21-8-4-3-5-9-21/h6-7,10-13,18-19,21,32H,3-5,8-9,14-17,20H2,1-2H3,(H,33,37). The summed E-state index contributed by atoms with van der Waals surface area (Å²) >= 11 is 0. The number of aromatic nitrogens is 1. The zero-order chi connectivity index (χ0) is 28.7. The van der Waals surface area contributed by atoms with E-state index in [1.165, 1.54) is 38.9 Å². The van der Waals surface area contributed by atoms with E-state index >= 15 is 0 Å². The van der Waals surface area contributed by atoms with E-state index in [4.69, 9.17) is 0 Å². The first kappa shape index (κ1) is 27.7. The molecule has 0 atom stereocenters. The fourth-order valence-corrected chi connectivity index (χ4v) is 7.02. The number of carbonyl (C=O) groups excluding carboxylic acids is 2. The highest BCUT2D eigenvalue weighted by Crippen LogP contribution is 2.46. The van der Waals surface area contributed by atoms with E-state index in [0.29, 0.717) is 31.1 Å². The Morgan fingerprint density at radius 1 is 1.00 bits per heavy atom. The molecule has 0 spiro atoms. The van der Waals surface area contributed by atoms with Gasteiger partial charge in [-0.25, -0.2) is 4.72 Å². The quantitative estimate of drug-likeness (QED) is 0.483. The second-order valence-electron chi connectivity index (χ2n) is 11.4. The van der Waals surface area contributed by atoms with E-state index in [9.17, 15) is 18.0 Å². The molecule has 41 heavy (non-hydrogen) atoms. The summed E-state index contributed by atoms with van der Waals surface area (Å²) in [5.41, 5.74) is 6.26. The van der Waals surface area contributed by atoms with Gasteiger partial charge in [-0.2, -0.15) is 12.7 Å². The third-order valence-corrected chi connectivity index (χ3v) is 10.0. The van der Waals surface area contributed by atoms with Crippen molar-refractivity contribution in [3.63, 3.8) is 0 Å². The van der Waals surface area contributed by atoms with Crippen LogP contribution in [-0.2, 0) is 21.5 Å². The van der Waals surface area contributed by atoms with Crippen LogP contribution in [0.4, 0.5) is 0 Å². The molecule has 1 saturated heterocycles. The molecule has 1 aromatic heterocycles. The summed E-state index contributed by atoms with van der Waals surface area (Å²) in [4.78, 5) is 28.9. The Morgan fingerprint density at radius 3 is 2.46 bits per heavy atom. The van der Waals surface area contributed by atoms with E-state index in [1.807, 2.05) is 29.2 Å². The number of amides is 2. The van der Waals surface area contributed by atoms with E-state index in [1.54, 1.807) is 12.1 Å². The van der Waals surface area contributed by atoms with Crippen LogP contribution in [0.3, 0.4) is 0 Å². The molecule has 216 valence electrons. The Balaban J connectivity index is 1.54. The van der Waals surface area contributed by atoms with Gasteiger partial charge in [0.05, 0.1) is 12.2 Å². The zero-order valence-electron chi connectivity index (χ0n) is 23.7. The predicted octanol–water partition coefficient (Wildman–Crippen LogP) is 3.72. The van der Waals surface area contributed by atoms with Gasteiger partial charge in [0.15, 0.2) is 0 Å². The summed E-state index contributed by atoms with van der Waals surface area (Å²) in [6.45, 7) is 3.24. The molecule has 1 aliphatic carbocycles. The van der Waals surface area contributed by atoms with Crippen molar-refractivity contribution in [1.82, 2.24) is 23.8 Å². The van der Waals surface area contributed by atoms with Gasteiger partial charge in [0.1, 0.15) is 0 Å². The van der Waals surface area contributed by atoms with Gasteiger partial charge >= 0.3 is 10.2 Å². The van der Waals surface area contributed by atoms with Crippen LogP contribution in [0.1, 0.15) is 59.5 Å². The van der Waals surface area contributed by atoms with E-state index < -0.39 is 16.1 Å². The van der Waals surface area contributed by atoms with Gasteiger partial charge in [-0.3, -0.25) is 9.59 Å². The molecule has 2 fully saturated rings. The number of benzene rings is 2. The van der Waals surface area contributed by atoms with Crippen LogP contribution in [0.25, 0.3) is 28.2 Å². The molecule has 0 radical (unpaired) electrons. The maximum absolute atomic E-state index is 13.8. The van der Waals surface area contributed by atoms with E-state index in [-0.39, 0.29) is 11.5 Å². The summed E-state index contributed by atoms with van der Waals surface area (Å²) in [6, 6.07) is 13.7. The van der Waals surface area contributed by atoms with Gasteiger partial charge in [0, 0.05) is 67.9 Å². The van der Waals surface area contributed by atoms with Crippen LogP contribution >= 0.6 is 0 Å². The lowest BCUT2D eigenvalue weighted by Gasteiger charge is -2.28.